The highest BCUT2D eigenvalue weighted by Gasteiger charge is 2.33. The number of hydrogen-bond acceptors (Lipinski definition) is 1. The molecule has 1 aliphatic heterocycles. The lowest BCUT2D eigenvalue weighted by atomic mass is 9.94. The van der Waals surface area contributed by atoms with Crippen LogP contribution in [0, 0.1) is 0 Å². The Morgan fingerprint density at radius 3 is 2.70 bits per heavy atom. The number of benzene rings is 1. The Balaban J connectivity index is 2.35. The van der Waals surface area contributed by atoms with E-state index < -0.39 is 0 Å². The smallest absolute Gasteiger partial charge is 0.223 e. The number of amides is 1. The number of nitrogens with zero attached hydrogens (tertiary/aromatic N) is 1. The predicted octanol–water partition coefficient (Wildman–Crippen LogP) is 5.01. The van der Waals surface area contributed by atoms with E-state index in [1.807, 2.05) is 36.1 Å². The van der Waals surface area contributed by atoms with E-state index >= 15 is 0 Å². The minimum atomic E-state index is -0.117. The van der Waals surface area contributed by atoms with Gasteiger partial charge in [-0.15, -0.1) is 6.58 Å². The lowest BCUT2D eigenvalue weighted by Crippen LogP contribution is -2.44. The van der Waals surface area contributed by atoms with Crippen molar-refractivity contribution in [1.82, 2.24) is 4.90 Å². The number of halogens is 2. The first kappa shape index (κ1) is 15.4. The van der Waals surface area contributed by atoms with E-state index in [-0.39, 0.29) is 18.0 Å². The summed E-state index contributed by atoms with van der Waals surface area (Å²) in [4.78, 5) is 14.3. The van der Waals surface area contributed by atoms with E-state index in [4.69, 9.17) is 23.2 Å². The third kappa shape index (κ3) is 3.02. The average Bonchev–Trinajstić information content (AvgIpc) is 2.38. The Kier molecular flexibility index (Phi) is 5.11. The van der Waals surface area contributed by atoms with Crippen LogP contribution in [0.2, 0.25) is 10.0 Å². The van der Waals surface area contributed by atoms with Gasteiger partial charge in [0.05, 0.1) is 6.04 Å². The molecule has 0 radical (unpaired) electrons. The van der Waals surface area contributed by atoms with Gasteiger partial charge >= 0.3 is 0 Å². The van der Waals surface area contributed by atoms with Gasteiger partial charge in [-0.2, -0.15) is 0 Å². The van der Waals surface area contributed by atoms with Crippen LogP contribution in [0.25, 0.3) is 0 Å². The van der Waals surface area contributed by atoms with Crippen molar-refractivity contribution in [2.24, 2.45) is 0 Å². The van der Waals surface area contributed by atoms with Crippen molar-refractivity contribution in [1.29, 1.82) is 0 Å². The summed E-state index contributed by atoms with van der Waals surface area (Å²) in [5, 5.41) is 1.22. The highest BCUT2D eigenvalue weighted by Crippen LogP contribution is 2.37. The van der Waals surface area contributed by atoms with Crippen LogP contribution in [0.15, 0.2) is 30.9 Å². The minimum absolute atomic E-state index is 0.117. The molecule has 0 saturated carbocycles. The van der Waals surface area contributed by atoms with Gasteiger partial charge in [0.15, 0.2) is 0 Å². The summed E-state index contributed by atoms with van der Waals surface area (Å²) in [7, 11) is 0. The van der Waals surface area contributed by atoms with Crippen LogP contribution in [0.3, 0.4) is 0 Å². The third-order valence-electron chi connectivity index (χ3n) is 3.88. The molecular weight excluding hydrogens is 293 g/mol. The molecule has 1 heterocycles. The third-order valence-corrected chi connectivity index (χ3v) is 4.54. The van der Waals surface area contributed by atoms with Gasteiger partial charge < -0.3 is 4.90 Å². The van der Waals surface area contributed by atoms with Gasteiger partial charge in [0.2, 0.25) is 5.91 Å². The maximum atomic E-state index is 12.3. The summed E-state index contributed by atoms with van der Waals surface area (Å²) < 4.78 is 0. The topological polar surface area (TPSA) is 20.3 Å². The highest BCUT2D eigenvalue weighted by atomic mass is 35.5. The molecule has 0 N–H and O–H groups in total. The molecule has 0 spiro atoms. The van der Waals surface area contributed by atoms with Crippen molar-refractivity contribution in [3.8, 4) is 0 Å². The van der Waals surface area contributed by atoms with Crippen molar-refractivity contribution in [2.75, 3.05) is 0 Å². The van der Waals surface area contributed by atoms with Gasteiger partial charge in [-0.25, -0.2) is 0 Å². The molecule has 0 aromatic heterocycles. The normalized spacial score (nSPS) is 20.9. The molecule has 0 aliphatic carbocycles. The molecule has 2 rings (SSSR count). The van der Waals surface area contributed by atoms with Crippen LogP contribution in [0.5, 0.6) is 0 Å². The molecule has 2 atom stereocenters. The Morgan fingerprint density at radius 2 is 2.10 bits per heavy atom. The monoisotopic (exact) mass is 311 g/mol. The van der Waals surface area contributed by atoms with Crippen LogP contribution < -0.4 is 0 Å². The number of rotatable bonds is 4. The molecule has 0 bridgehead atoms. The van der Waals surface area contributed by atoms with E-state index in [2.05, 4.69) is 6.58 Å². The second-order valence-electron chi connectivity index (χ2n) is 5.18. The minimum Gasteiger partial charge on any atom is -0.333 e. The molecule has 1 aromatic rings. The lowest BCUT2D eigenvalue weighted by molar-refractivity contribution is -0.139. The Hall–Kier alpha value is -0.990. The van der Waals surface area contributed by atoms with Crippen LogP contribution in [-0.4, -0.2) is 16.8 Å². The molecule has 4 heteroatoms. The van der Waals surface area contributed by atoms with E-state index in [0.29, 0.717) is 16.5 Å². The molecule has 108 valence electrons. The summed E-state index contributed by atoms with van der Waals surface area (Å²) in [5.74, 6) is 0.173. The maximum Gasteiger partial charge on any atom is 0.223 e. The first-order valence-electron chi connectivity index (χ1n) is 6.92. The number of carbonyl (C=O) groups is 1. The van der Waals surface area contributed by atoms with Gasteiger partial charge in [0.1, 0.15) is 0 Å². The fourth-order valence-corrected chi connectivity index (χ4v) is 3.68. The van der Waals surface area contributed by atoms with Crippen LogP contribution in [0.4, 0.5) is 0 Å². The Morgan fingerprint density at radius 1 is 1.45 bits per heavy atom. The zero-order valence-corrected chi connectivity index (χ0v) is 13.1. The molecule has 1 aliphatic rings. The van der Waals surface area contributed by atoms with Crippen molar-refractivity contribution in [3.63, 3.8) is 0 Å². The second-order valence-corrected chi connectivity index (χ2v) is 6.00. The van der Waals surface area contributed by atoms with Gasteiger partial charge in [-0.1, -0.05) is 35.3 Å². The van der Waals surface area contributed by atoms with E-state index in [1.165, 1.54) is 0 Å². The number of piperidine rings is 1. The van der Waals surface area contributed by atoms with Crippen molar-refractivity contribution >= 4 is 29.1 Å². The van der Waals surface area contributed by atoms with Gasteiger partial charge in [-0.3, -0.25) is 4.79 Å². The maximum absolute atomic E-state index is 12.3. The van der Waals surface area contributed by atoms with Crippen molar-refractivity contribution in [3.05, 3.63) is 46.5 Å². The summed E-state index contributed by atoms with van der Waals surface area (Å²) in [6.07, 6.45) is 5.22. The zero-order valence-electron chi connectivity index (χ0n) is 11.6. The standard InChI is InChI=1S/C16H19Cl2NO/c1-3-6-12-7-4-10-15(20)19(12)11(2)16-13(17)8-5-9-14(16)18/h3,5,8-9,11-12H,1,4,6-7,10H2,2H3/t11-,12-/m0/s1. The average molecular weight is 312 g/mol. The van der Waals surface area contributed by atoms with Crippen LogP contribution in [0.1, 0.15) is 44.2 Å². The summed E-state index contributed by atoms with van der Waals surface area (Å²) in [5.41, 5.74) is 0.833. The van der Waals surface area contributed by atoms with Crippen molar-refractivity contribution in [2.45, 2.75) is 44.7 Å². The summed E-state index contributed by atoms with van der Waals surface area (Å²) in [6.45, 7) is 5.78. The predicted molar refractivity (Wildman–Crippen MR) is 84.2 cm³/mol. The molecule has 1 saturated heterocycles. The largest absolute Gasteiger partial charge is 0.333 e. The Bertz CT molecular complexity index is 495. The molecule has 1 fully saturated rings. The fourth-order valence-electron chi connectivity index (χ4n) is 2.97. The van der Waals surface area contributed by atoms with E-state index in [0.717, 1.165) is 24.8 Å². The summed E-state index contributed by atoms with van der Waals surface area (Å²) in [6, 6.07) is 5.53. The van der Waals surface area contributed by atoms with Crippen LogP contribution in [-0.2, 0) is 4.79 Å². The molecule has 1 aromatic carbocycles. The van der Waals surface area contributed by atoms with Gasteiger partial charge in [0, 0.05) is 28.1 Å². The van der Waals surface area contributed by atoms with E-state index in [9.17, 15) is 4.79 Å². The lowest BCUT2D eigenvalue weighted by Gasteiger charge is -2.40. The number of hydrogen-bond donors (Lipinski definition) is 0. The molecule has 2 nitrogen and oxygen atoms in total. The molecule has 1 amide bonds. The first-order valence-corrected chi connectivity index (χ1v) is 7.67. The van der Waals surface area contributed by atoms with Crippen molar-refractivity contribution < 1.29 is 4.79 Å². The van der Waals surface area contributed by atoms with Gasteiger partial charge in [0.25, 0.3) is 0 Å². The highest BCUT2D eigenvalue weighted by molar-refractivity contribution is 6.36. The molecular formula is C16H19Cl2NO. The Labute approximate surface area is 130 Å². The zero-order chi connectivity index (χ0) is 14.7. The van der Waals surface area contributed by atoms with Gasteiger partial charge in [-0.05, 0) is 38.3 Å². The molecule has 0 unspecified atom stereocenters. The number of likely N-dealkylation sites (tertiary alicyclic amines) is 1. The summed E-state index contributed by atoms with van der Waals surface area (Å²) >= 11 is 12.5. The quantitative estimate of drug-likeness (QED) is 0.716. The molecule has 20 heavy (non-hydrogen) atoms. The first-order chi connectivity index (χ1) is 9.56. The van der Waals surface area contributed by atoms with Crippen LogP contribution >= 0.6 is 23.2 Å². The van der Waals surface area contributed by atoms with E-state index in [1.54, 1.807) is 0 Å². The fraction of sp³-hybridized carbons (Fsp3) is 0.438. The second kappa shape index (κ2) is 6.64. The SMILES string of the molecule is C=CC[C@H]1CCCC(=O)N1[C@@H](C)c1c(Cl)cccc1Cl. The number of carbonyl (C=O) groups excluding carboxylic acids is 1.